The van der Waals surface area contributed by atoms with Crippen molar-refractivity contribution >= 4 is 46.6 Å². The van der Waals surface area contributed by atoms with Gasteiger partial charge in [0, 0.05) is 18.5 Å². The third kappa shape index (κ3) is 5.63. The van der Waals surface area contributed by atoms with Gasteiger partial charge in [-0.25, -0.2) is 4.79 Å². The van der Waals surface area contributed by atoms with E-state index in [9.17, 15) is 9.59 Å². The minimum atomic E-state index is -0.613. The van der Waals surface area contributed by atoms with Crippen LogP contribution in [-0.2, 0) is 9.47 Å². The maximum absolute atomic E-state index is 12.3. The molecule has 0 aliphatic heterocycles. The zero-order valence-corrected chi connectivity index (χ0v) is 14.9. The largest absolute Gasteiger partial charge is 0.447 e. The topological polar surface area (TPSA) is 76.7 Å². The molecule has 0 aromatic heterocycles. The van der Waals surface area contributed by atoms with Gasteiger partial charge in [0.05, 0.1) is 22.2 Å². The Bertz CT molecular complexity index is 768. The Labute approximate surface area is 155 Å². The fourth-order valence-electron chi connectivity index (χ4n) is 1.92. The summed E-state index contributed by atoms with van der Waals surface area (Å²) in [6, 6.07) is 11.4. The first-order valence-corrected chi connectivity index (χ1v) is 8.05. The second kappa shape index (κ2) is 9.27. The smallest absolute Gasteiger partial charge is 0.411 e. The Hall–Kier alpha value is -2.28. The molecule has 132 valence electrons. The zero-order chi connectivity index (χ0) is 18.2. The van der Waals surface area contributed by atoms with Crippen molar-refractivity contribution in [2.45, 2.75) is 0 Å². The number of hydrogen-bond acceptors (Lipinski definition) is 4. The summed E-state index contributed by atoms with van der Waals surface area (Å²) >= 11 is 12.0. The molecule has 0 heterocycles. The lowest BCUT2D eigenvalue weighted by molar-refractivity contribution is 0.102. The highest BCUT2D eigenvalue weighted by molar-refractivity contribution is 6.44. The average molecular weight is 383 g/mol. The quantitative estimate of drug-likeness (QED) is 0.723. The van der Waals surface area contributed by atoms with E-state index in [4.69, 9.17) is 32.7 Å². The van der Waals surface area contributed by atoms with Gasteiger partial charge in [-0.3, -0.25) is 10.1 Å². The molecule has 0 aliphatic rings. The summed E-state index contributed by atoms with van der Waals surface area (Å²) in [6.45, 7) is 0.454. The van der Waals surface area contributed by atoms with Crippen LogP contribution in [-0.4, -0.2) is 32.3 Å². The van der Waals surface area contributed by atoms with Crippen LogP contribution in [0.1, 0.15) is 10.4 Å². The number of methoxy groups -OCH3 is 1. The van der Waals surface area contributed by atoms with Gasteiger partial charge >= 0.3 is 6.09 Å². The van der Waals surface area contributed by atoms with E-state index in [1.165, 1.54) is 7.11 Å². The molecule has 0 saturated heterocycles. The number of benzene rings is 2. The molecule has 0 atom stereocenters. The molecule has 8 heteroatoms. The van der Waals surface area contributed by atoms with Gasteiger partial charge in [-0.2, -0.15) is 0 Å². The molecule has 6 nitrogen and oxygen atoms in total. The normalized spacial score (nSPS) is 10.2. The highest BCUT2D eigenvalue weighted by atomic mass is 35.5. The lowest BCUT2D eigenvalue weighted by atomic mass is 10.2. The van der Waals surface area contributed by atoms with Gasteiger partial charge in [0.25, 0.3) is 5.91 Å². The van der Waals surface area contributed by atoms with Crippen molar-refractivity contribution in [3.63, 3.8) is 0 Å². The molecule has 0 bridgehead atoms. The molecule has 25 heavy (non-hydrogen) atoms. The summed E-state index contributed by atoms with van der Waals surface area (Å²) in [4.78, 5) is 23.9. The second-order valence-corrected chi connectivity index (χ2v) is 5.68. The number of amides is 2. The van der Waals surface area contributed by atoms with E-state index in [-0.39, 0.29) is 17.2 Å². The van der Waals surface area contributed by atoms with E-state index in [0.717, 1.165) is 0 Å². The predicted octanol–water partition coefficient (Wildman–Crippen LogP) is 4.44. The van der Waals surface area contributed by atoms with Gasteiger partial charge in [-0.05, 0) is 30.3 Å². The number of rotatable bonds is 6. The molecular weight excluding hydrogens is 367 g/mol. The van der Waals surface area contributed by atoms with Gasteiger partial charge in [0.2, 0.25) is 0 Å². The molecule has 2 aromatic carbocycles. The van der Waals surface area contributed by atoms with E-state index < -0.39 is 12.0 Å². The average Bonchev–Trinajstić information content (AvgIpc) is 2.58. The number of halogens is 2. The lowest BCUT2D eigenvalue weighted by Gasteiger charge is -2.10. The number of ether oxygens (including phenoxy) is 2. The minimum absolute atomic E-state index is 0.145. The zero-order valence-electron chi connectivity index (χ0n) is 13.3. The first-order valence-electron chi connectivity index (χ1n) is 7.29. The summed E-state index contributed by atoms with van der Waals surface area (Å²) in [5.41, 5.74) is 1.21. The van der Waals surface area contributed by atoms with Crippen molar-refractivity contribution < 1.29 is 19.1 Å². The highest BCUT2D eigenvalue weighted by Gasteiger charge is 2.13. The van der Waals surface area contributed by atoms with Crippen LogP contribution < -0.4 is 10.6 Å². The monoisotopic (exact) mass is 382 g/mol. The van der Waals surface area contributed by atoms with Gasteiger partial charge in [0.15, 0.2) is 0 Å². The van der Waals surface area contributed by atoms with Crippen LogP contribution in [0.25, 0.3) is 0 Å². The predicted molar refractivity (Wildman–Crippen MR) is 97.7 cm³/mol. The Morgan fingerprint density at radius 2 is 1.68 bits per heavy atom. The highest BCUT2D eigenvalue weighted by Crippen LogP contribution is 2.26. The lowest BCUT2D eigenvalue weighted by Crippen LogP contribution is -2.17. The maximum atomic E-state index is 12.3. The maximum Gasteiger partial charge on any atom is 0.411 e. The van der Waals surface area contributed by atoms with Gasteiger partial charge in [0.1, 0.15) is 6.61 Å². The van der Waals surface area contributed by atoms with Crippen molar-refractivity contribution in [2.24, 2.45) is 0 Å². The molecule has 2 N–H and O–H groups in total. The van der Waals surface area contributed by atoms with E-state index in [2.05, 4.69) is 10.6 Å². The Kier molecular flexibility index (Phi) is 7.06. The van der Waals surface area contributed by atoms with E-state index in [0.29, 0.717) is 23.0 Å². The molecule has 0 unspecified atom stereocenters. The van der Waals surface area contributed by atoms with E-state index >= 15 is 0 Å². The van der Waals surface area contributed by atoms with Crippen molar-refractivity contribution in [2.75, 3.05) is 31.0 Å². The minimum Gasteiger partial charge on any atom is -0.447 e. The molecule has 2 aromatic rings. The molecule has 0 aliphatic carbocycles. The Morgan fingerprint density at radius 1 is 1.00 bits per heavy atom. The van der Waals surface area contributed by atoms with Crippen LogP contribution >= 0.6 is 23.2 Å². The summed E-state index contributed by atoms with van der Waals surface area (Å²) < 4.78 is 9.70. The van der Waals surface area contributed by atoms with Crippen LogP contribution in [0.15, 0.2) is 42.5 Å². The van der Waals surface area contributed by atoms with Crippen LogP contribution in [0.5, 0.6) is 0 Å². The summed E-state index contributed by atoms with van der Waals surface area (Å²) in [7, 11) is 1.51. The molecular formula is C17H16Cl2N2O4. The number of anilines is 2. The summed E-state index contributed by atoms with van der Waals surface area (Å²) in [6.07, 6.45) is -0.613. The summed E-state index contributed by atoms with van der Waals surface area (Å²) in [5.74, 6) is -0.410. The SMILES string of the molecule is COCCOC(=O)Nc1cccc(NC(=O)c2cccc(Cl)c2Cl)c1. The molecule has 2 rings (SSSR count). The third-order valence-electron chi connectivity index (χ3n) is 3.08. The number of carbonyl (C=O) groups is 2. The summed E-state index contributed by atoms with van der Waals surface area (Å²) in [5, 5.41) is 5.73. The molecule has 2 amide bonds. The molecule has 0 spiro atoms. The van der Waals surface area contributed by atoms with Crippen molar-refractivity contribution in [3.8, 4) is 0 Å². The van der Waals surface area contributed by atoms with Crippen molar-refractivity contribution in [1.29, 1.82) is 0 Å². The van der Waals surface area contributed by atoms with Crippen molar-refractivity contribution in [3.05, 3.63) is 58.1 Å². The molecule has 0 fully saturated rings. The first kappa shape index (κ1) is 19.1. The third-order valence-corrected chi connectivity index (χ3v) is 3.90. The first-order chi connectivity index (χ1) is 12.0. The number of hydrogen-bond donors (Lipinski definition) is 2. The standard InChI is InChI=1S/C17H16Cl2N2O4/c1-24-8-9-25-17(23)21-12-5-2-4-11(10-12)20-16(22)13-6-3-7-14(18)15(13)19/h2-7,10H,8-9H2,1H3,(H,20,22)(H,21,23). The fraction of sp³-hybridized carbons (Fsp3) is 0.176. The van der Waals surface area contributed by atoms with Crippen LogP contribution in [0.4, 0.5) is 16.2 Å². The van der Waals surface area contributed by atoms with E-state index in [1.54, 1.807) is 42.5 Å². The Morgan fingerprint density at radius 3 is 2.40 bits per heavy atom. The van der Waals surface area contributed by atoms with Gasteiger partial charge < -0.3 is 14.8 Å². The second-order valence-electron chi connectivity index (χ2n) is 4.89. The molecule has 0 radical (unpaired) electrons. The van der Waals surface area contributed by atoms with Crippen LogP contribution in [0, 0.1) is 0 Å². The van der Waals surface area contributed by atoms with Crippen molar-refractivity contribution in [1.82, 2.24) is 0 Å². The van der Waals surface area contributed by atoms with Gasteiger partial charge in [-0.1, -0.05) is 35.3 Å². The van der Waals surface area contributed by atoms with Crippen LogP contribution in [0.3, 0.4) is 0 Å². The van der Waals surface area contributed by atoms with E-state index in [1.807, 2.05) is 0 Å². The Balaban J connectivity index is 2.02. The number of carbonyl (C=O) groups excluding carboxylic acids is 2. The number of nitrogens with one attached hydrogen (secondary N) is 2. The molecule has 0 saturated carbocycles. The van der Waals surface area contributed by atoms with Crippen LogP contribution in [0.2, 0.25) is 10.0 Å². The van der Waals surface area contributed by atoms with Gasteiger partial charge in [-0.15, -0.1) is 0 Å². The fourth-order valence-corrected chi connectivity index (χ4v) is 2.31.